The van der Waals surface area contributed by atoms with Crippen LogP contribution in [0.1, 0.15) is 44.0 Å². The predicted octanol–water partition coefficient (Wildman–Crippen LogP) is 4.14. The number of likely N-dealkylation sites (tertiary alicyclic amines) is 1. The first-order valence-corrected chi connectivity index (χ1v) is 7.85. The highest BCUT2D eigenvalue weighted by Gasteiger charge is 2.33. The van der Waals surface area contributed by atoms with Crippen molar-refractivity contribution in [1.82, 2.24) is 4.90 Å². The van der Waals surface area contributed by atoms with Crippen molar-refractivity contribution in [3.63, 3.8) is 0 Å². The molecule has 2 unspecified atom stereocenters. The van der Waals surface area contributed by atoms with E-state index in [1.54, 1.807) is 0 Å². The van der Waals surface area contributed by atoms with E-state index in [0.29, 0.717) is 12.0 Å². The Morgan fingerprint density at radius 2 is 1.89 bits per heavy atom. The molecule has 1 saturated heterocycles. The SMILES string of the molecule is CC(C)C1CCCN1C(C)C(=O)c1ccc(Br)cc1. The van der Waals surface area contributed by atoms with Crippen molar-refractivity contribution in [1.29, 1.82) is 0 Å². The zero-order valence-corrected chi connectivity index (χ0v) is 13.5. The fourth-order valence-corrected chi connectivity index (χ4v) is 3.28. The number of ketones is 1. The standard InChI is InChI=1S/C16H22BrNO/c1-11(2)15-5-4-10-18(15)12(3)16(19)13-6-8-14(17)9-7-13/h6-9,11-12,15H,4-5,10H2,1-3H3. The number of nitrogens with zero attached hydrogens (tertiary/aromatic N) is 1. The number of hydrogen-bond donors (Lipinski definition) is 0. The van der Waals surface area contributed by atoms with Crippen molar-refractivity contribution in [3.05, 3.63) is 34.3 Å². The molecule has 1 aliphatic rings. The minimum absolute atomic E-state index is 0.0175. The molecule has 3 heteroatoms. The first kappa shape index (κ1) is 14.7. The Labute approximate surface area is 124 Å². The fraction of sp³-hybridized carbons (Fsp3) is 0.562. The average molecular weight is 324 g/mol. The summed E-state index contributed by atoms with van der Waals surface area (Å²) < 4.78 is 1.01. The second-order valence-electron chi connectivity index (χ2n) is 5.74. The van der Waals surface area contributed by atoms with Crippen LogP contribution < -0.4 is 0 Å². The first-order chi connectivity index (χ1) is 9.00. The Hall–Kier alpha value is -0.670. The number of halogens is 1. The smallest absolute Gasteiger partial charge is 0.179 e. The summed E-state index contributed by atoms with van der Waals surface area (Å²) in [4.78, 5) is 14.9. The second-order valence-corrected chi connectivity index (χ2v) is 6.65. The average Bonchev–Trinajstić information content (AvgIpc) is 2.87. The summed E-state index contributed by atoms with van der Waals surface area (Å²) in [5.74, 6) is 0.850. The van der Waals surface area contributed by atoms with Gasteiger partial charge < -0.3 is 0 Å². The Balaban J connectivity index is 2.12. The monoisotopic (exact) mass is 323 g/mol. The quantitative estimate of drug-likeness (QED) is 0.776. The molecule has 1 aromatic carbocycles. The number of benzene rings is 1. The molecular formula is C16H22BrNO. The summed E-state index contributed by atoms with van der Waals surface area (Å²) in [5, 5.41) is 0. The van der Waals surface area contributed by atoms with Crippen LogP contribution in [0.15, 0.2) is 28.7 Å². The third kappa shape index (κ3) is 3.26. The van der Waals surface area contributed by atoms with Crippen LogP contribution in [0.2, 0.25) is 0 Å². The molecule has 0 aliphatic carbocycles. The van der Waals surface area contributed by atoms with Gasteiger partial charge in [-0.25, -0.2) is 0 Å². The molecule has 2 nitrogen and oxygen atoms in total. The van der Waals surface area contributed by atoms with Crippen LogP contribution in [0.3, 0.4) is 0 Å². The molecule has 1 aliphatic heterocycles. The van der Waals surface area contributed by atoms with E-state index in [4.69, 9.17) is 0 Å². The molecule has 1 aromatic rings. The lowest BCUT2D eigenvalue weighted by molar-refractivity contribution is 0.0785. The van der Waals surface area contributed by atoms with Crippen LogP contribution >= 0.6 is 15.9 Å². The fourth-order valence-electron chi connectivity index (χ4n) is 3.02. The lowest BCUT2D eigenvalue weighted by Crippen LogP contribution is -2.44. The number of carbonyl (C=O) groups is 1. The van der Waals surface area contributed by atoms with Crippen LogP contribution in [-0.4, -0.2) is 29.3 Å². The normalized spacial score (nSPS) is 21.8. The van der Waals surface area contributed by atoms with Gasteiger partial charge in [-0.15, -0.1) is 0 Å². The van der Waals surface area contributed by atoms with Gasteiger partial charge in [0.25, 0.3) is 0 Å². The van der Waals surface area contributed by atoms with E-state index in [1.165, 1.54) is 12.8 Å². The zero-order chi connectivity index (χ0) is 14.0. The van der Waals surface area contributed by atoms with Gasteiger partial charge in [0.05, 0.1) is 6.04 Å². The molecule has 104 valence electrons. The first-order valence-electron chi connectivity index (χ1n) is 7.06. The van der Waals surface area contributed by atoms with Gasteiger partial charge in [0, 0.05) is 16.1 Å². The van der Waals surface area contributed by atoms with E-state index in [0.717, 1.165) is 16.6 Å². The summed E-state index contributed by atoms with van der Waals surface area (Å²) >= 11 is 3.40. The number of rotatable bonds is 4. The van der Waals surface area contributed by atoms with Crippen LogP contribution in [0, 0.1) is 5.92 Å². The van der Waals surface area contributed by atoms with Gasteiger partial charge in [-0.1, -0.05) is 41.9 Å². The maximum absolute atomic E-state index is 12.6. The third-order valence-electron chi connectivity index (χ3n) is 4.12. The maximum Gasteiger partial charge on any atom is 0.179 e. The molecule has 1 heterocycles. The van der Waals surface area contributed by atoms with Crippen LogP contribution in [-0.2, 0) is 0 Å². The molecule has 1 fully saturated rings. The van der Waals surface area contributed by atoms with Gasteiger partial charge in [0.2, 0.25) is 0 Å². The molecule has 19 heavy (non-hydrogen) atoms. The van der Waals surface area contributed by atoms with Gasteiger partial charge in [-0.2, -0.15) is 0 Å². The minimum atomic E-state index is -0.0175. The summed E-state index contributed by atoms with van der Waals surface area (Å²) in [6.45, 7) is 7.59. The zero-order valence-electron chi connectivity index (χ0n) is 11.9. The van der Waals surface area contributed by atoms with E-state index in [9.17, 15) is 4.79 Å². The molecule has 0 spiro atoms. The number of hydrogen-bond acceptors (Lipinski definition) is 2. The van der Waals surface area contributed by atoms with Crippen molar-refractivity contribution in [2.75, 3.05) is 6.54 Å². The summed E-state index contributed by atoms with van der Waals surface area (Å²) in [7, 11) is 0. The van der Waals surface area contributed by atoms with Crippen molar-refractivity contribution in [3.8, 4) is 0 Å². The molecular weight excluding hydrogens is 302 g/mol. The van der Waals surface area contributed by atoms with Crippen molar-refractivity contribution in [2.24, 2.45) is 5.92 Å². The molecule has 0 bridgehead atoms. The highest BCUT2D eigenvalue weighted by atomic mass is 79.9. The van der Waals surface area contributed by atoms with E-state index >= 15 is 0 Å². The Kier molecular flexibility index (Phi) is 4.80. The van der Waals surface area contributed by atoms with E-state index in [1.807, 2.05) is 31.2 Å². The van der Waals surface area contributed by atoms with Crippen LogP contribution in [0.25, 0.3) is 0 Å². The summed E-state index contributed by atoms with van der Waals surface area (Å²) in [6, 6.07) is 8.21. The van der Waals surface area contributed by atoms with Crippen LogP contribution in [0.4, 0.5) is 0 Å². The van der Waals surface area contributed by atoms with Gasteiger partial charge in [0.15, 0.2) is 5.78 Å². The lowest BCUT2D eigenvalue weighted by atomic mass is 9.98. The Morgan fingerprint density at radius 3 is 2.47 bits per heavy atom. The minimum Gasteiger partial charge on any atom is -0.292 e. The van der Waals surface area contributed by atoms with Gasteiger partial charge in [-0.3, -0.25) is 9.69 Å². The predicted molar refractivity (Wildman–Crippen MR) is 82.5 cm³/mol. The molecule has 0 amide bonds. The highest BCUT2D eigenvalue weighted by molar-refractivity contribution is 9.10. The molecule has 0 aromatic heterocycles. The molecule has 0 radical (unpaired) electrons. The van der Waals surface area contributed by atoms with Crippen molar-refractivity contribution >= 4 is 21.7 Å². The van der Waals surface area contributed by atoms with Crippen molar-refractivity contribution in [2.45, 2.75) is 45.7 Å². The van der Waals surface area contributed by atoms with Gasteiger partial charge >= 0.3 is 0 Å². The maximum atomic E-state index is 12.6. The summed E-state index contributed by atoms with van der Waals surface area (Å²) in [5.41, 5.74) is 0.810. The number of Topliss-reactive ketones (excluding diaryl/α,β-unsaturated/α-hetero) is 1. The molecule has 0 saturated carbocycles. The Bertz CT molecular complexity index is 441. The largest absolute Gasteiger partial charge is 0.292 e. The van der Waals surface area contributed by atoms with E-state index in [-0.39, 0.29) is 11.8 Å². The third-order valence-corrected chi connectivity index (χ3v) is 4.65. The second kappa shape index (κ2) is 6.19. The van der Waals surface area contributed by atoms with Crippen molar-refractivity contribution < 1.29 is 4.79 Å². The topological polar surface area (TPSA) is 20.3 Å². The van der Waals surface area contributed by atoms with Gasteiger partial charge in [0.1, 0.15) is 0 Å². The lowest BCUT2D eigenvalue weighted by Gasteiger charge is -2.32. The number of carbonyl (C=O) groups excluding carboxylic acids is 1. The Morgan fingerprint density at radius 1 is 1.26 bits per heavy atom. The van der Waals surface area contributed by atoms with E-state index < -0.39 is 0 Å². The van der Waals surface area contributed by atoms with Crippen LogP contribution in [0.5, 0.6) is 0 Å². The molecule has 2 rings (SSSR count). The highest BCUT2D eigenvalue weighted by Crippen LogP contribution is 2.27. The van der Waals surface area contributed by atoms with E-state index in [2.05, 4.69) is 34.7 Å². The molecule has 0 N–H and O–H groups in total. The van der Waals surface area contributed by atoms with Gasteiger partial charge in [-0.05, 0) is 44.4 Å². The summed E-state index contributed by atoms with van der Waals surface area (Å²) in [6.07, 6.45) is 2.43. The molecule has 2 atom stereocenters.